The van der Waals surface area contributed by atoms with Crippen molar-refractivity contribution >= 4 is 11.0 Å². The van der Waals surface area contributed by atoms with Crippen LogP contribution in [0.25, 0.3) is 22.3 Å². The molecule has 3 rings (SSSR count). The lowest BCUT2D eigenvalue weighted by Crippen LogP contribution is -2.01. The lowest BCUT2D eigenvalue weighted by Gasteiger charge is -2.08. The fourth-order valence-corrected chi connectivity index (χ4v) is 2.70. The van der Waals surface area contributed by atoms with Gasteiger partial charge in [-0.25, -0.2) is 22.8 Å². The molecule has 0 saturated carbocycles. The van der Waals surface area contributed by atoms with Gasteiger partial charge >= 0.3 is 0 Å². The number of rotatable bonds is 4. The van der Waals surface area contributed by atoms with E-state index in [0.29, 0.717) is 34.5 Å². The zero-order valence-corrected chi connectivity index (χ0v) is 12.9. The maximum absolute atomic E-state index is 13.5. The van der Waals surface area contributed by atoms with Crippen LogP contribution in [0.5, 0.6) is 0 Å². The highest BCUT2D eigenvalue weighted by atomic mass is 19.3. The second-order valence-electron chi connectivity index (χ2n) is 5.41. The van der Waals surface area contributed by atoms with Gasteiger partial charge in [0.25, 0.3) is 6.43 Å². The molecule has 3 aromatic rings. The molecule has 0 unspecified atom stereocenters. The molecule has 2 heterocycles. The average Bonchev–Trinajstić information content (AvgIpc) is 2.84. The van der Waals surface area contributed by atoms with Gasteiger partial charge in [0.15, 0.2) is 5.65 Å². The molecule has 0 saturated heterocycles. The SMILES string of the molecule is CCCn1nc(C)c2c(C(F)F)cc(-c3ccc(F)cc3)nc21. The van der Waals surface area contributed by atoms with Crippen LogP contribution in [0, 0.1) is 12.7 Å². The monoisotopic (exact) mass is 319 g/mol. The summed E-state index contributed by atoms with van der Waals surface area (Å²) in [5, 5.41) is 4.73. The fourth-order valence-electron chi connectivity index (χ4n) is 2.70. The standard InChI is InChI=1S/C17H16F3N3/c1-3-8-23-17-15(10(2)22-23)13(16(19)20)9-14(21-17)11-4-6-12(18)7-5-11/h4-7,9,16H,3,8H2,1-2H3. The Balaban J connectivity index is 2.27. The number of hydrogen-bond acceptors (Lipinski definition) is 2. The predicted molar refractivity (Wildman–Crippen MR) is 82.9 cm³/mol. The van der Waals surface area contributed by atoms with E-state index < -0.39 is 6.43 Å². The van der Waals surface area contributed by atoms with Gasteiger partial charge in [0.1, 0.15) is 5.82 Å². The lowest BCUT2D eigenvalue weighted by atomic mass is 10.1. The van der Waals surface area contributed by atoms with Gasteiger partial charge in [-0.3, -0.25) is 0 Å². The van der Waals surface area contributed by atoms with Crippen LogP contribution in [0.4, 0.5) is 13.2 Å². The Morgan fingerprint density at radius 1 is 1.17 bits per heavy atom. The number of fused-ring (bicyclic) bond motifs is 1. The maximum Gasteiger partial charge on any atom is 0.264 e. The highest BCUT2D eigenvalue weighted by Gasteiger charge is 2.20. The van der Waals surface area contributed by atoms with Crippen LogP contribution in [-0.2, 0) is 6.54 Å². The minimum atomic E-state index is -2.63. The number of pyridine rings is 1. The lowest BCUT2D eigenvalue weighted by molar-refractivity contribution is 0.153. The maximum atomic E-state index is 13.5. The molecule has 2 aromatic heterocycles. The Bertz CT molecular complexity index is 838. The van der Waals surface area contributed by atoms with Gasteiger partial charge in [0, 0.05) is 17.7 Å². The summed E-state index contributed by atoms with van der Waals surface area (Å²) in [6.07, 6.45) is -1.81. The first-order valence-electron chi connectivity index (χ1n) is 7.43. The van der Waals surface area contributed by atoms with Crippen molar-refractivity contribution in [2.45, 2.75) is 33.2 Å². The van der Waals surface area contributed by atoms with E-state index in [9.17, 15) is 13.2 Å². The van der Waals surface area contributed by atoms with E-state index in [1.54, 1.807) is 11.6 Å². The van der Waals surface area contributed by atoms with Crippen LogP contribution in [0.1, 0.15) is 31.0 Å². The van der Waals surface area contributed by atoms with Gasteiger partial charge in [0.2, 0.25) is 0 Å². The topological polar surface area (TPSA) is 30.7 Å². The van der Waals surface area contributed by atoms with Crippen molar-refractivity contribution in [2.75, 3.05) is 0 Å². The van der Waals surface area contributed by atoms with Crippen LogP contribution >= 0.6 is 0 Å². The Kier molecular flexibility index (Phi) is 4.07. The fraction of sp³-hybridized carbons (Fsp3) is 0.294. The van der Waals surface area contributed by atoms with E-state index in [0.717, 1.165) is 6.42 Å². The molecule has 6 heteroatoms. The molecule has 3 nitrogen and oxygen atoms in total. The third kappa shape index (κ3) is 2.81. The molecule has 0 bridgehead atoms. The molecule has 1 aromatic carbocycles. The second-order valence-corrected chi connectivity index (χ2v) is 5.41. The molecule has 0 spiro atoms. The minimum absolute atomic E-state index is 0.0887. The van der Waals surface area contributed by atoms with Crippen molar-refractivity contribution in [1.82, 2.24) is 14.8 Å². The van der Waals surface area contributed by atoms with Crippen molar-refractivity contribution in [2.24, 2.45) is 0 Å². The largest absolute Gasteiger partial charge is 0.264 e. The number of aryl methyl sites for hydroxylation is 2. The summed E-state index contributed by atoms with van der Waals surface area (Å²) < 4.78 is 41.7. The molecule has 120 valence electrons. The Hall–Kier alpha value is -2.37. The molecule has 0 radical (unpaired) electrons. The normalized spacial score (nSPS) is 11.6. The van der Waals surface area contributed by atoms with E-state index in [2.05, 4.69) is 10.1 Å². The quantitative estimate of drug-likeness (QED) is 0.685. The average molecular weight is 319 g/mol. The Labute approximate surface area is 131 Å². The van der Waals surface area contributed by atoms with E-state index in [-0.39, 0.29) is 11.4 Å². The van der Waals surface area contributed by atoms with Gasteiger partial charge in [0.05, 0.1) is 16.8 Å². The smallest absolute Gasteiger partial charge is 0.247 e. The van der Waals surface area contributed by atoms with Gasteiger partial charge in [-0.1, -0.05) is 6.92 Å². The number of benzene rings is 1. The van der Waals surface area contributed by atoms with Crippen LogP contribution < -0.4 is 0 Å². The Morgan fingerprint density at radius 2 is 1.87 bits per heavy atom. The van der Waals surface area contributed by atoms with Crippen LogP contribution in [0.2, 0.25) is 0 Å². The molecule has 0 aliphatic heterocycles. The van der Waals surface area contributed by atoms with Crippen molar-refractivity contribution in [3.05, 3.63) is 47.4 Å². The van der Waals surface area contributed by atoms with Gasteiger partial charge in [-0.2, -0.15) is 5.10 Å². The number of hydrogen-bond donors (Lipinski definition) is 0. The summed E-state index contributed by atoms with van der Waals surface area (Å²) in [6, 6.07) is 7.01. The summed E-state index contributed by atoms with van der Waals surface area (Å²) in [4.78, 5) is 4.50. The van der Waals surface area contributed by atoms with E-state index >= 15 is 0 Å². The van der Waals surface area contributed by atoms with E-state index in [4.69, 9.17) is 0 Å². The first-order valence-corrected chi connectivity index (χ1v) is 7.43. The minimum Gasteiger partial charge on any atom is -0.247 e. The van der Waals surface area contributed by atoms with Crippen molar-refractivity contribution < 1.29 is 13.2 Å². The number of halogens is 3. The molecule has 0 fully saturated rings. The van der Waals surface area contributed by atoms with Crippen molar-refractivity contribution in [3.63, 3.8) is 0 Å². The third-order valence-electron chi connectivity index (χ3n) is 3.72. The Morgan fingerprint density at radius 3 is 2.48 bits per heavy atom. The molecule has 0 amide bonds. The molecule has 0 atom stereocenters. The molecule has 0 N–H and O–H groups in total. The summed E-state index contributed by atoms with van der Waals surface area (Å²) >= 11 is 0. The predicted octanol–water partition coefficient (Wildman–Crippen LogP) is 4.89. The van der Waals surface area contributed by atoms with Crippen LogP contribution in [0.3, 0.4) is 0 Å². The van der Waals surface area contributed by atoms with Crippen molar-refractivity contribution in [1.29, 1.82) is 0 Å². The third-order valence-corrected chi connectivity index (χ3v) is 3.72. The van der Waals surface area contributed by atoms with Crippen LogP contribution in [0.15, 0.2) is 30.3 Å². The number of alkyl halides is 2. The first-order chi connectivity index (χ1) is 11.0. The second kappa shape index (κ2) is 6.02. The summed E-state index contributed by atoms with van der Waals surface area (Å²) in [7, 11) is 0. The molecular formula is C17H16F3N3. The molecule has 23 heavy (non-hydrogen) atoms. The van der Waals surface area contributed by atoms with Crippen molar-refractivity contribution in [3.8, 4) is 11.3 Å². The van der Waals surface area contributed by atoms with E-state index in [1.807, 2.05) is 6.92 Å². The first kappa shape index (κ1) is 15.5. The van der Waals surface area contributed by atoms with Gasteiger partial charge in [-0.15, -0.1) is 0 Å². The summed E-state index contributed by atoms with van der Waals surface area (Å²) in [6.45, 7) is 4.30. The van der Waals surface area contributed by atoms with Crippen LogP contribution in [-0.4, -0.2) is 14.8 Å². The van der Waals surface area contributed by atoms with Gasteiger partial charge < -0.3 is 0 Å². The zero-order valence-electron chi connectivity index (χ0n) is 12.9. The molecular weight excluding hydrogens is 303 g/mol. The summed E-state index contributed by atoms with van der Waals surface area (Å²) in [5.41, 5.74) is 1.89. The highest BCUT2D eigenvalue weighted by Crippen LogP contribution is 2.33. The number of nitrogens with zero attached hydrogens (tertiary/aromatic N) is 3. The number of aromatic nitrogens is 3. The zero-order chi connectivity index (χ0) is 16.6. The van der Waals surface area contributed by atoms with Gasteiger partial charge in [-0.05, 0) is 43.7 Å². The highest BCUT2D eigenvalue weighted by molar-refractivity contribution is 5.85. The molecule has 0 aliphatic carbocycles. The van der Waals surface area contributed by atoms with E-state index in [1.165, 1.54) is 30.3 Å². The summed E-state index contributed by atoms with van der Waals surface area (Å²) in [5.74, 6) is -0.379. The molecule has 0 aliphatic rings.